The average Bonchev–Trinajstić information content (AvgIpc) is 3.73. The van der Waals surface area contributed by atoms with Crippen molar-refractivity contribution >= 4 is 23.8 Å². The summed E-state index contributed by atoms with van der Waals surface area (Å²) in [5.41, 5.74) is -2.12. The molecule has 2 aromatic carbocycles. The molecule has 10 nitrogen and oxygen atoms in total. The smallest absolute Gasteiger partial charge is 0.417 e. The number of likely N-dealkylation sites (tertiary alicyclic amines) is 2. The van der Waals surface area contributed by atoms with Gasteiger partial charge in [-0.25, -0.2) is 14.1 Å². The Bertz CT molecular complexity index is 1670. The van der Waals surface area contributed by atoms with E-state index in [9.17, 15) is 36.7 Å². The van der Waals surface area contributed by atoms with E-state index in [1.54, 1.807) is 42.5 Å². The van der Waals surface area contributed by atoms with Crippen molar-refractivity contribution < 1.29 is 41.5 Å². The SMILES string of the molecule is CC(C)(C(=O)N1CC2(CN(C(=O)c3cnn(Cc4ccc(F)cc4)c3)C[C@H]2C(=O)N2C(=O)OC[C@H]2c2ccccc2)C1)C(F)(F)F. The van der Waals surface area contributed by atoms with Gasteiger partial charge in [0.05, 0.1) is 24.2 Å². The number of alkyl halides is 3. The van der Waals surface area contributed by atoms with Crippen LogP contribution >= 0.6 is 0 Å². The Morgan fingerprint density at radius 3 is 2.28 bits per heavy atom. The summed E-state index contributed by atoms with van der Waals surface area (Å²) >= 11 is 0. The second-order valence-corrected chi connectivity index (χ2v) is 12.6. The minimum absolute atomic E-state index is 0.0273. The van der Waals surface area contributed by atoms with Crippen molar-refractivity contribution in [2.45, 2.75) is 32.6 Å². The van der Waals surface area contributed by atoms with Crippen LogP contribution in [0.3, 0.4) is 0 Å². The lowest BCUT2D eigenvalue weighted by molar-refractivity contribution is -0.223. The van der Waals surface area contributed by atoms with E-state index in [1.807, 2.05) is 0 Å². The van der Waals surface area contributed by atoms with E-state index in [2.05, 4.69) is 5.10 Å². The number of halogens is 4. The predicted octanol–water partition coefficient (Wildman–Crippen LogP) is 4.28. The van der Waals surface area contributed by atoms with Gasteiger partial charge < -0.3 is 14.5 Å². The van der Waals surface area contributed by atoms with E-state index in [1.165, 1.54) is 34.1 Å². The second kappa shape index (κ2) is 11.2. The third kappa shape index (κ3) is 5.39. The molecule has 0 aliphatic carbocycles. The van der Waals surface area contributed by atoms with Crippen LogP contribution < -0.4 is 0 Å². The zero-order valence-electron chi connectivity index (χ0n) is 25.0. The van der Waals surface area contributed by atoms with E-state index < -0.39 is 52.8 Å². The summed E-state index contributed by atoms with van der Waals surface area (Å²) in [7, 11) is 0. The molecule has 6 rings (SSSR count). The molecule has 0 radical (unpaired) electrons. The fourth-order valence-electron chi connectivity index (χ4n) is 6.43. The van der Waals surface area contributed by atoms with Crippen molar-refractivity contribution in [1.29, 1.82) is 0 Å². The number of carbonyl (C=O) groups is 4. The molecule has 2 atom stereocenters. The number of cyclic esters (lactones) is 1. The van der Waals surface area contributed by atoms with Gasteiger partial charge in [-0.15, -0.1) is 0 Å². The molecule has 3 saturated heterocycles. The first-order valence-electron chi connectivity index (χ1n) is 14.7. The Morgan fingerprint density at radius 1 is 0.978 bits per heavy atom. The Hall–Kier alpha value is -4.75. The van der Waals surface area contributed by atoms with Crippen LogP contribution in [0.2, 0.25) is 0 Å². The number of rotatable bonds is 6. The highest BCUT2D eigenvalue weighted by Crippen LogP contribution is 2.49. The first-order chi connectivity index (χ1) is 21.7. The zero-order chi connectivity index (χ0) is 33.0. The van der Waals surface area contributed by atoms with Crippen LogP contribution in [0.15, 0.2) is 67.0 Å². The van der Waals surface area contributed by atoms with Gasteiger partial charge in [0.15, 0.2) is 0 Å². The Labute approximate surface area is 261 Å². The number of ether oxygens (including phenoxy) is 1. The molecule has 4 amide bonds. The summed E-state index contributed by atoms with van der Waals surface area (Å²) in [6.07, 6.45) is -2.78. The van der Waals surface area contributed by atoms with Gasteiger partial charge in [0.2, 0.25) is 11.8 Å². The zero-order valence-corrected chi connectivity index (χ0v) is 25.0. The third-order valence-corrected chi connectivity index (χ3v) is 9.21. The molecular weight excluding hydrogens is 610 g/mol. The molecule has 0 saturated carbocycles. The first kappa shape index (κ1) is 31.2. The highest BCUT2D eigenvalue weighted by Gasteiger charge is 2.64. The molecule has 4 heterocycles. The van der Waals surface area contributed by atoms with Crippen molar-refractivity contribution in [3.05, 3.63) is 89.5 Å². The lowest BCUT2D eigenvalue weighted by Crippen LogP contribution is -2.67. The van der Waals surface area contributed by atoms with Gasteiger partial charge in [-0.05, 0) is 37.1 Å². The fourth-order valence-corrected chi connectivity index (χ4v) is 6.43. The standard InChI is InChI=1S/C32H31F4N5O5/c1-30(2,32(34,35)36)28(44)39-18-31(19-39)17-38(26(42)22-12-37-40(14-22)13-20-8-10-23(33)11-9-20)15-24(31)27(43)41-25(16-46-29(41)45)21-6-4-3-5-7-21/h3-12,14,24-25H,13,15-19H2,1-2H3/t24-,25-/m0/s1. The summed E-state index contributed by atoms with van der Waals surface area (Å²) in [4.78, 5) is 57.2. The Morgan fingerprint density at radius 2 is 1.63 bits per heavy atom. The van der Waals surface area contributed by atoms with E-state index in [0.29, 0.717) is 5.56 Å². The number of hydrogen-bond acceptors (Lipinski definition) is 6. The van der Waals surface area contributed by atoms with Crippen molar-refractivity contribution in [2.75, 3.05) is 32.8 Å². The van der Waals surface area contributed by atoms with Gasteiger partial charge in [-0.1, -0.05) is 42.5 Å². The maximum atomic E-state index is 14.2. The van der Waals surface area contributed by atoms with Crippen LogP contribution in [0, 0.1) is 22.6 Å². The van der Waals surface area contributed by atoms with E-state index in [-0.39, 0.29) is 50.7 Å². The number of aromatic nitrogens is 2. The molecule has 0 bridgehead atoms. The summed E-state index contributed by atoms with van der Waals surface area (Å²) in [5.74, 6) is -3.61. The monoisotopic (exact) mass is 641 g/mol. The van der Waals surface area contributed by atoms with Gasteiger partial charge in [0.25, 0.3) is 5.91 Å². The highest BCUT2D eigenvalue weighted by atomic mass is 19.4. The van der Waals surface area contributed by atoms with E-state index in [4.69, 9.17) is 4.74 Å². The third-order valence-electron chi connectivity index (χ3n) is 9.21. The quantitative estimate of drug-likeness (QED) is 0.373. The normalized spacial score (nSPS) is 21.0. The Kier molecular flexibility index (Phi) is 7.64. The van der Waals surface area contributed by atoms with Gasteiger partial charge in [0.1, 0.15) is 23.9 Å². The number of benzene rings is 2. The topological polar surface area (TPSA) is 105 Å². The minimum Gasteiger partial charge on any atom is -0.446 e. The molecule has 3 aromatic rings. The van der Waals surface area contributed by atoms with Crippen molar-refractivity contribution in [3.63, 3.8) is 0 Å². The van der Waals surface area contributed by atoms with Crippen molar-refractivity contribution in [3.8, 4) is 0 Å². The Balaban J connectivity index is 1.26. The van der Waals surface area contributed by atoms with Crippen LogP contribution in [0.1, 0.15) is 41.4 Å². The summed E-state index contributed by atoms with van der Waals surface area (Å²) in [6.45, 7) is 1.25. The molecule has 0 N–H and O–H groups in total. The average molecular weight is 642 g/mol. The number of amides is 4. The van der Waals surface area contributed by atoms with Gasteiger partial charge in [-0.3, -0.25) is 19.1 Å². The minimum atomic E-state index is -4.80. The molecule has 0 unspecified atom stereocenters. The highest BCUT2D eigenvalue weighted by molar-refractivity contribution is 5.98. The molecule has 3 aliphatic heterocycles. The van der Waals surface area contributed by atoms with Crippen LogP contribution in [0.4, 0.5) is 22.4 Å². The molecule has 3 aliphatic rings. The first-order valence-corrected chi connectivity index (χ1v) is 14.7. The maximum absolute atomic E-state index is 14.2. The lowest BCUT2D eigenvalue weighted by atomic mass is 9.69. The number of carbonyl (C=O) groups excluding carboxylic acids is 4. The maximum Gasteiger partial charge on any atom is 0.417 e. The van der Waals surface area contributed by atoms with Crippen LogP contribution in [0.5, 0.6) is 0 Å². The molecular formula is C32H31F4N5O5. The summed E-state index contributed by atoms with van der Waals surface area (Å²) < 4.78 is 61.2. The lowest BCUT2D eigenvalue weighted by Gasteiger charge is -2.52. The molecule has 3 fully saturated rings. The van der Waals surface area contributed by atoms with Crippen LogP contribution in [0.25, 0.3) is 0 Å². The summed E-state index contributed by atoms with van der Waals surface area (Å²) in [5, 5.41) is 4.23. The number of nitrogens with zero attached hydrogens (tertiary/aromatic N) is 5. The largest absolute Gasteiger partial charge is 0.446 e. The van der Waals surface area contributed by atoms with Crippen molar-refractivity contribution in [2.24, 2.45) is 16.7 Å². The molecule has 1 aromatic heterocycles. The van der Waals surface area contributed by atoms with Gasteiger partial charge in [-0.2, -0.15) is 18.3 Å². The second-order valence-electron chi connectivity index (χ2n) is 12.6. The van der Waals surface area contributed by atoms with Crippen LogP contribution in [-0.2, 0) is 20.9 Å². The molecule has 14 heteroatoms. The van der Waals surface area contributed by atoms with E-state index >= 15 is 0 Å². The van der Waals surface area contributed by atoms with E-state index in [0.717, 1.165) is 29.2 Å². The molecule has 242 valence electrons. The van der Waals surface area contributed by atoms with Gasteiger partial charge >= 0.3 is 12.3 Å². The fraction of sp³-hybridized carbons (Fsp3) is 0.406. The van der Waals surface area contributed by atoms with Gasteiger partial charge in [0, 0.05) is 37.8 Å². The summed E-state index contributed by atoms with van der Waals surface area (Å²) in [6, 6.07) is 13.9. The molecule has 1 spiro atoms. The molecule has 46 heavy (non-hydrogen) atoms. The van der Waals surface area contributed by atoms with Crippen molar-refractivity contribution in [1.82, 2.24) is 24.5 Å². The number of imide groups is 1. The number of hydrogen-bond donors (Lipinski definition) is 0. The predicted molar refractivity (Wildman–Crippen MR) is 153 cm³/mol. The van der Waals surface area contributed by atoms with Crippen LogP contribution in [-0.4, -0.2) is 87.3 Å².